The molecule has 0 saturated carbocycles. The first kappa shape index (κ1) is 18.5. The van der Waals surface area contributed by atoms with Crippen LogP contribution < -0.4 is 5.32 Å². The topological polar surface area (TPSA) is 63.0 Å². The summed E-state index contributed by atoms with van der Waals surface area (Å²) in [5, 5.41) is 14.8. The van der Waals surface area contributed by atoms with Crippen molar-refractivity contribution in [3.63, 3.8) is 0 Å². The van der Waals surface area contributed by atoms with Crippen LogP contribution >= 0.6 is 11.6 Å². The monoisotopic (exact) mass is 372 g/mol. The van der Waals surface area contributed by atoms with Crippen molar-refractivity contribution in [2.45, 2.75) is 52.6 Å². The lowest BCUT2D eigenvalue weighted by atomic mass is 9.94. The maximum Gasteiger partial charge on any atom is 0.225 e. The largest absolute Gasteiger partial charge is 0.493 e. The van der Waals surface area contributed by atoms with Crippen LogP contribution in [0.25, 0.3) is 10.9 Å². The van der Waals surface area contributed by atoms with Crippen molar-refractivity contribution in [3.05, 3.63) is 46.9 Å². The quantitative estimate of drug-likeness (QED) is 0.610. The van der Waals surface area contributed by atoms with E-state index in [1.807, 2.05) is 20.0 Å². The number of fused-ring (bicyclic) bond motifs is 1. The summed E-state index contributed by atoms with van der Waals surface area (Å²) in [5.41, 5.74) is 2.70. The third kappa shape index (κ3) is 3.78. The van der Waals surface area contributed by atoms with E-state index in [1.54, 1.807) is 4.57 Å². The molecule has 2 aromatic heterocycles. The Labute approximate surface area is 159 Å². The average molecular weight is 373 g/mol. The zero-order chi connectivity index (χ0) is 19.1. The summed E-state index contributed by atoms with van der Waals surface area (Å²) in [6.45, 7) is 10.3. The van der Waals surface area contributed by atoms with Gasteiger partial charge in [-0.15, -0.1) is 0 Å². The summed E-state index contributed by atoms with van der Waals surface area (Å²) in [4.78, 5) is 8.59. The van der Waals surface area contributed by atoms with Crippen LogP contribution in [0, 0.1) is 6.92 Å². The third-order valence-corrected chi connectivity index (χ3v) is 4.55. The Hall–Kier alpha value is -2.27. The molecule has 1 aromatic carbocycles. The predicted octanol–water partition coefficient (Wildman–Crippen LogP) is 5.11. The molecule has 0 unspecified atom stereocenters. The molecule has 0 atom stereocenters. The second-order valence-corrected chi connectivity index (χ2v) is 8.07. The molecular formula is C20H25ClN4O. The van der Waals surface area contributed by atoms with Crippen molar-refractivity contribution in [1.82, 2.24) is 14.5 Å². The Morgan fingerprint density at radius 3 is 2.65 bits per heavy atom. The minimum Gasteiger partial charge on any atom is -0.493 e. The van der Waals surface area contributed by atoms with Gasteiger partial charge in [-0.05, 0) is 58.2 Å². The second kappa shape index (κ2) is 6.80. The van der Waals surface area contributed by atoms with Crippen LogP contribution in [0.5, 0.6) is 5.88 Å². The van der Waals surface area contributed by atoms with Gasteiger partial charge >= 0.3 is 0 Å². The number of aryl methyl sites for hydroxylation is 1. The van der Waals surface area contributed by atoms with Gasteiger partial charge in [0, 0.05) is 17.8 Å². The molecule has 3 aromatic rings. The van der Waals surface area contributed by atoms with Gasteiger partial charge in [0.2, 0.25) is 11.2 Å². The third-order valence-electron chi connectivity index (χ3n) is 4.38. The van der Waals surface area contributed by atoms with Crippen LogP contribution in [-0.4, -0.2) is 25.2 Å². The number of nitrogens with zero attached hydrogens (tertiary/aromatic N) is 3. The molecule has 3 rings (SSSR count). The first-order chi connectivity index (χ1) is 12.2. The first-order valence-electron chi connectivity index (χ1n) is 8.77. The van der Waals surface area contributed by atoms with Gasteiger partial charge in [-0.1, -0.05) is 29.8 Å². The van der Waals surface area contributed by atoms with Gasteiger partial charge in [0.05, 0.1) is 5.39 Å². The highest BCUT2D eigenvalue weighted by molar-refractivity contribution is 6.29. The van der Waals surface area contributed by atoms with Crippen LogP contribution in [0.2, 0.25) is 5.28 Å². The summed E-state index contributed by atoms with van der Waals surface area (Å²) in [6.07, 6.45) is 2.70. The summed E-state index contributed by atoms with van der Waals surface area (Å²) >= 11 is 6.11. The number of aromatic nitrogens is 3. The highest BCUT2D eigenvalue weighted by atomic mass is 35.5. The smallest absolute Gasteiger partial charge is 0.225 e. The number of anilines is 1. The average Bonchev–Trinajstić information content (AvgIpc) is 2.84. The molecule has 6 heteroatoms. The fraction of sp³-hybridized carbons (Fsp3) is 0.400. The number of hydrogen-bond donors (Lipinski definition) is 2. The van der Waals surface area contributed by atoms with E-state index >= 15 is 0 Å². The molecule has 0 spiro atoms. The van der Waals surface area contributed by atoms with Crippen molar-refractivity contribution in [3.8, 4) is 5.88 Å². The molecule has 0 aliphatic rings. The standard InChI is InChI=1S/C20H25ClN4O/c1-12(2)25-11-15-16(18(25)26)22-19(21)23-17(15)24-20(4,5)10-14-8-6-7-13(3)9-14/h6-9,11-12,26H,10H2,1-5H3,(H,22,23,24). The highest BCUT2D eigenvalue weighted by Crippen LogP contribution is 2.34. The van der Waals surface area contributed by atoms with Crippen LogP contribution in [0.4, 0.5) is 5.82 Å². The maximum atomic E-state index is 10.5. The van der Waals surface area contributed by atoms with Crippen molar-refractivity contribution in [2.75, 3.05) is 5.32 Å². The van der Waals surface area contributed by atoms with E-state index in [2.05, 4.69) is 60.3 Å². The molecule has 0 aliphatic heterocycles. The normalized spacial score (nSPS) is 12.1. The zero-order valence-electron chi connectivity index (χ0n) is 15.8. The molecule has 0 aliphatic carbocycles. The predicted molar refractivity (Wildman–Crippen MR) is 107 cm³/mol. The van der Waals surface area contributed by atoms with E-state index < -0.39 is 0 Å². The molecular weight excluding hydrogens is 348 g/mol. The molecule has 138 valence electrons. The fourth-order valence-corrected chi connectivity index (χ4v) is 3.41. The lowest BCUT2D eigenvalue weighted by Crippen LogP contribution is -2.34. The second-order valence-electron chi connectivity index (χ2n) is 7.73. The summed E-state index contributed by atoms with van der Waals surface area (Å²) < 4.78 is 1.77. The lowest BCUT2D eigenvalue weighted by Gasteiger charge is -2.27. The van der Waals surface area contributed by atoms with Crippen molar-refractivity contribution in [2.24, 2.45) is 0 Å². The molecule has 0 bridgehead atoms. The Morgan fingerprint density at radius 1 is 1.27 bits per heavy atom. The van der Waals surface area contributed by atoms with Crippen LogP contribution in [0.1, 0.15) is 44.9 Å². The van der Waals surface area contributed by atoms with Gasteiger partial charge in [-0.2, -0.15) is 0 Å². The molecule has 26 heavy (non-hydrogen) atoms. The number of halogens is 1. The minimum absolute atomic E-state index is 0.108. The van der Waals surface area contributed by atoms with Crippen LogP contribution in [-0.2, 0) is 6.42 Å². The minimum atomic E-state index is -0.256. The van der Waals surface area contributed by atoms with Gasteiger partial charge < -0.3 is 15.0 Å². The van der Waals surface area contributed by atoms with Crippen LogP contribution in [0.15, 0.2) is 30.5 Å². The van der Waals surface area contributed by atoms with E-state index in [0.29, 0.717) is 11.3 Å². The van der Waals surface area contributed by atoms with Gasteiger partial charge in [0.15, 0.2) is 0 Å². The first-order valence-corrected chi connectivity index (χ1v) is 9.15. The van der Waals surface area contributed by atoms with Gasteiger partial charge in [-0.25, -0.2) is 9.97 Å². The molecule has 0 radical (unpaired) electrons. The lowest BCUT2D eigenvalue weighted by molar-refractivity contribution is 0.404. The summed E-state index contributed by atoms with van der Waals surface area (Å²) in [6, 6.07) is 8.58. The van der Waals surface area contributed by atoms with E-state index in [9.17, 15) is 5.11 Å². The van der Waals surface area contributed by atoms with Gasteiger partial charge in [-0.3, -0.25) is 0 Å². The van der Waals surface area contributed by atoms with Crippen molar-refractivity contribution in [1.29, 1.82) is 0 Å². The number of nitrogens with one attached hydrogen (secondary N) is 1. The van der Waals surface area contributed by atoms with Gasteiger partial charge in [0.25, 0.3) is 0 Å². The number of hydrogen-bond acceptors (Lipinski definition) is 4. The molecule has 0 amide bonds. The molecule has 2 N–H and O–H groups in total. The zero-order valence-corrected chi connectivity index (χ0v) is 16.6. The summed E-state index contributed by atoms with van der Waals surface area (Å²) in [5.74, 6) is 0.742. The Balaban J connectivity index is 1.98. The summed E-state index contributed by atoms with van der Waals surface area (Å²) in [7, 11) is 0. The van der Waals surface area contributed by atoms with E-state index in [4.69, 9.17) is 11.6 Å². The van der Waals surface area contributed by atoms with Crippen molar-refractivity contribution < 1.29 is 5.11 Å². The van der Waals surface area contributed by atoms with E-state index in [1.165, 1.54) is 11.1 Å². The van der Waals surface area contributed by atoms with Crippen molar-refractivity contribution >= 4 is 28.3 Å². The number of rotatable bonds is 5. The fourth-order valence-electron chi connectivity index (χ4n) is 3.24. The Morgan fingerprint density at radius 2 is 2.00 bits per heavy atom. The van der Waals surface area contributed by atoms with Gasteiger partial charge in [0.1, 0.15) is 11.3 Å². The highest BCUT2D eigenvalue weighted by Gasteiger charge is 2.23. The van der Waals surface area contributed by atoms with E-state index in [0.717, 1.165) is 11.8 Å². The Bertz CT molecular complexity index is 946. The van der Waals surface area contributed by atoms with Crippen LogP contribution in [0.3, 0.4) is 0 Å². The number of aromatic hydroxyl groups is 1. The molecule has 0 fully saturated rings. The molecule has 2 heterocycles. The maximum absolute atomic E-state index is 10.5. The molecule has 5 nitrogen and oxygen atoms in total. The molecule has 0 saturated heterocycles. The Kier molecular flexibility index (Phi) is 4.84. The SMILES string of the molecule is Cc1cccc(CC(C)(C)Nc2nc(Cl)nc3c(O)n(C(C)C)cc23)c1. The van der Waals surface area contributed by atoms with E-state index in [-0.39, 0.29) is 22.7 Å². The number of benzene rings is 1.